The van der Waals surface area contributed by atoms with Crippen molar-refractivity contribution in [2.24, 2.45) is 4.99 Å². The molecule has 28 heavy (non-hydrogen) atoms. The number of rotatable bonds is 4. The lowest BCUT2D eigenvalue weighted by atomic mass is 10.1. The van der Waals surface area contributed by atoms with E-state index in [4.69, 9.17) is 0 Å². The molecule has 3 rings (SSSR count). The van der Waals surface area contributed by atoms with E-state index in [0.29, 0.717) is 29.7 Å². The Balaban J connectivity index is 2.04. The van der Waals surface area contributed by atoms with Gasteiger partial charge in [0, 0.05) is 30.9 Å². The first-order valence-corrected chi connectivity index (χ1v) is 11.1. The number of pyridine rings is 1. The number of sulfonamides is 1. The standard InChI is InChI=1S/C21H27N3O3S/c1-16(2)22-20-9-5-8-14-24(20)21(25)18-11-10-17(3)19(15-18)28(26,27)23-12-6-4-7-13-23/h5,8-11,14-16H,4,6-7,12-13H2,1-3H3. The molecule has 2 aromatic rings. The summed E-state index contributed by atoms with van der Waals surface area (Å²) in [5.41, 5.74) is 1.52. The number of hydrogen-bond acceptors (Lipinski definition) is 4. The van der Waals surface area contributed by atoms with Crippen LogP contribution in [0.5, 0.6) is 0 Å². The van der Waals surface area contributed by atoms with Crippen molar-refractivity contribution < 1.29 is 13.2 Å². The molecule has 0 unspecified atom stereocenters. The first-order valence-electron chi connectivity index (χ1n) is 9.68. The molecule has 1 fully saturated rings. The SMILES string of the molecule is Cc1ccc(C(=O)n2ccccc2=NC(C)C)cc1S(=O)(=O)N1CCCCC1. The quantitative estimate of drug-likeness (QED) is 0.791. The Labute approximate surface area is 166 Å². The minimum atomic E-state index is -3.61. The van der Waals surface area contributed by atoms with Gasteiger partial charge in [0.1, 0.15) is 5.49 Å². The normalized spacial score (nSPS) is 16.5. The molecule has 7 heteroatoms. The van der Waals surface area contributed by atoms with Crippen molar-refractivity contribution >= 4 is 15.9 Å². The summed E-state index contributed by atoms with van der Waals surface area (Å²) >= 11 is 0. The van der Waals surface area contributed by atoms with Gasteiger partial charge in [0.15, 0.2) is 0 Å². The zero-order chi connectivity index (χ0) is 20.3. The lowest BCUT2D eigenvalue weighted by Crippen LogP contribution is -2.36. The first-order chi connectivity index (χ1) is 13.3. The van der Waals surface area contributed by atoms with Gasteiger partial charge in [-0.1, -0.05) is 18.6 Å². The van der Waals surface area contributed by atoms with Gasteiger partial charge in [-0.05, 0) is 63.4 Å². The van der Waals surface area contributed by atoms with Crippen LogP contribution in [0.2, 0.25) is 0 Å². The number of piperidine rings is 1. The van der Waals surface area contributed by atoms with E-state index < -0.39 is 10.0 Å². The van der Waals surface area contributed by atoms with Crippen LogP contribution in [0.15, 0.2) is 52.5 Å². The summed E-state index contributed by atoms with van der Waals surface area (Å²) in [5, 5.41) is 0. The van der Waals surface area contributed by atoms with Crippen molar-refractivity contribution in [2.75, 3.05) is 13.1 Å². The highest BCUT2D eigenvalue weighted by molar-refractivity contribution is 7.89. The fraction of sp³-hybridized carbons (Fsp3) is 0.429. The average Bonchev–Trinajstić information content (AvgIpc) is 2.68. The fourth-order valence-electron chi connectivity index (χ4n) is 3.37. The number of carbonyl (C=O) groups excluding carboxylic acids is 1. The van der Waals surface area contributed by atoms with E-state index in [2.05, 4.69) is 4.99 Å². The van der Waals surface area contributed by atoms with Gasteiger partial charge in [-0.15, -0.1) is 0 Å². The summed E-state index contributed by atoms with van der Waals surface area (Å²) < 4.78 is 29.2. The summed E-state index contributed by atoms with van der Waals surface area (Å²) in [4.78, 5) is 17.8. The number of aryl methyl sites for hydroxylation is 1. The second kappa shape index (κ2) is 8.41. The summed E-state index contributed by atoms with van der Waals surface area (Å²) in [6, 6.07) is 10.3. The summed E-state index contributed by atoms with van der Waals surface area (Å²) in [6.45, 7) is 6.71. The van der Waals surface area contributed by atoms with Crippen molar-refractivity contribution in [3.05, 3.63) is 59.2 Å². The molecule has 1 aromatic heterocycles. The molecule has 1 aliphatic rings. The largest absolute Gasteiger partial charge is 0.268 e. The minimum Gasteiger partial charge on any atom is -0.268 e. The smallest absolute Gasteiger partial charge is 0.263 e. The van der Waals surface area contributed by atoms with Crippen LogP contribution >= 0.6 is 0 Å². The van der Waals surface area contributed by atoms with Crippen molar-refractivity contribution in [1.29, 1.82) is 0 Å². The molecular formula is C21H27N3O3S. The van der Waals surface area contributed by atoms with Crippen LogP contribution in [-0.4, -0.2) is 42.3 Å². The molecule has 0 amide bonds. The van der Waals surface area contributed by atoms with Gasteiger partial charge < -0.3 is 0 Å². The predicted octanol–water partition coefficient (Wildman–Crippen LogP) is 2.97. The predicted molar refractivity (Wildman–Crippen MR) is 109 cm³/mol. The number of aromatic nitrogens is 1. The Morgan fingerprint density at radius 2 is 1.79 bits per heavy atom. The molecule has 2 heterocycles. The van der Waals surface area contributed by atoms with Gasteiger partial charge in [0.2, 0.25) is 10.0 Å². The van der Waals surface area contributed by atoms with Gasteiger partial charge in [-0.2, -0.15) is 4.31 Å². The highest BCUT2D eigenvalue weighted by atomic mass is 32.2. The molecule has 0 radical (unpaired) electrons. The Bertz CT molecular complexity index is 1030. The third kappa shape index (κ3) is 4.25. The number of carbonyl (C=O) groups is 1. The zero-order valence-corrected chi connectivity index (χ0v) is 17.4. The van der Waals surface area contributed by atoms with E-state index >= 15 is 0 Å². The van der Waals surface area contributed by atoms with Gasteiger partial charge in [0.25, 0.3) is 5.91 Å². The Hall–Kier alpha value is -2.25. The molecule has 150 valence electrons. The first kappa shape index (κ1) is 20.5. The lowest BCUT2D eigenvalue weighted by Gasteiger charge is -2.26. The third-order valence-electron chi connectivity index (χ3n) is 4.82. The van der Waals surface area contributed by atoms with E-state index in [1.807, 2.05) is 19.9 Å². The van der Waals surface area contributed by atoms with E-state index in [0.717, 1.165) is 19.3 Å². The summed E-state index contributed by atoms with van der Waals surface area (Å²) in [7, 11) is -3.61. The molecule has 1 aliphatic heterocycles. The monoisotopic (exact) mass is 401 g/mol. The molecule has 0 N–H and O–H groups in total. The molecule has 1 aromatic carbocycles. The molecule has 6 nitrogen and oxygen atoms in total. The Morgan fingerprint density at radius 1 is 1.07 bits per heavy atom. The van der Waals surface area contributed by atoms with Crippen LogP contribution in [0, 0.1) is 6.92 Å². The molecule has 0 atom stereocenters. The fourth-order valence-corrected chi connectivity index (χ4v) is 5.14. The number of hydrogen-bond donors (Lipinski definition) is 0. The van der Waals surface area contributed by atoms with Crippen molar-refractivity contribution in [3.8, 4) is 0 Å². The number of nitrogens with zero attached hydrogens (tertiary/aromatic N) is 3. The van der Waals surface area contributed by atoms with Gasteiger partial charge in [-0.3, -0.25) is 14.4 Å². The van der Waals surface area contributed by atoms with Crippen molar-refractivity contribution in [2.45, 2.75) is 51.0 Å². The van der Waals surface area contributed by atoms with E-state index in [9.17, 15) is 13.2 Å². The highest BCUT2D eigenvalue weighted by Crippen LogP contribution is 2.24. The average molecular weight is 402 g/mol. The summed E-state index contributed by atoms with van der Waals surface area (Å²) in [6.07, 6.45) is 4.45. The Kier molecular flexibility index (Phi) is 6.15. The van der Waals surface area contributed by atoms with E-state index in [1.165, 1.54) is 14.9 Å². The second-order valence-corrected chi connectivity index (χ2v) is 9.31. The maximum atomic E-state index is 13.1. The zero-order valence-electron chi connectivity index (χ0n) is 16.6. The van der Waals surface area contributed by atoms with Crippen molar-refractivity contribution in [3.63, 3.8) is 0 Å². The van der Waals surface area contributed by atoms with Crippen LogP contribution < -0.4 is 5.49 Å². The molecule has 0 saturated carbocycles. The maximum absolute atomic E-state index is 13.1. The van der Waals surface area contributed by atoms with E-state index in [-0.39, 0.29) is 16.8 Å². The molecule has 0 bridgehead atoms. The second-order valence-electron chi connectivity index (χ2n) is 7.40. The maximum Gasteiger partial charge on any atom is 0.263 e. The highest BCUT2D eigenvalue weighted by Gasteiger charge is 2.28. The summed E-state index contributed by atoms with van der Waals surface area (Å²) in [5.74, 6) is -0.296. The van der Waals surface area contributed by atoms with Crippen LogP contribution in [-0.2, 0) is 10.0 Å². The molecule has 1 saturated heterocycles. The topological polar surface area (TPSA) is 71.7 Å². The lowest BCUT2D eigenvalue weighted by molar-refractivity contribution is 0.0954. The van der Waals surface area contributed by atoms with Gasteiger partial charge >= 0.3 is 0 Å². The molecule has 0 aliphatic carbocycles. The Morgan fingerprint density at radius 3 is 2.46 bits per heavy atom. The van der Waals surface area contributed by atoms with Gasteiger partial charge in [-0.25, -0.2) is 8.42 Å². The van der Waals surface area contributed by atoms with Gasteiger partial charge in [0.05, 0.1) is 4.90 Å². The van der Waals surface area contributed by atoms with Crippen LogP contribution in [0.25, 0.3) is 0 Å². The van der Waals surface area contributed by atoms with Crippen LogP contribution in [0.1, 0.15) is 49.0 Å². The van der Waals surface area contributed by atoms with Crippen LogP contribution in [0.3, 0.4) is 0 Å². The van der Waals surface area contributed by atoms with Crippen molar-refractivity contribution in [1.82, 2.24) is 8.87 Å². The number of benzene rings is 1. The third-order valence-corrected chi connectivity index (χ3v) is 6.86. The van der Waals surface area contributed by atoms with Crippen LogP contribution in [0.4, 0.5) is 0 Å². The minimum absolute atomic E-state index is 0.0366. The molecular weight excluding hydrogens is 374 g/mol. The molecule has 0 spiro atoms. The van der Waals surface area contributed by atoms with E-state index in [1.54, 1.807) is 37.4 Å².